The molecule has 1 aromatic carbocycles. The van der Waals surface area contributed by atoms with Crippen molar-refractivity contribution >= 4 is 5.69 Å². The van der Waals surface area contributed by atoms with E-state index < -0.39 is 34.5 Å². The highest BCUT2D eigenvalue weighted by Gasteiger charge is 2.37. The fourth-order valence-electron chi connectivity index (χ4n) is 1.06. The van der Waals surface area contributed by atoms with E-state index in [0.717, 1.165) is 12.1 Å². The number of hydrogen-bond acceptors (Lipinski definition) is 4. The summed E-state index contributed by atoms with van der Waals surface area (Å²) in [5.74, 6) is -4.27. The molecule has 0 amide bonds. The van der Waals surface area contributed by atoms with Crippen LogP contribution >= 0.6 is 0 Å². The first-order chi connectivity index (χ1) is 6.88. The first-order valence-corrected chi connectivity index (χ1v) is 3.85. The van der Waals surface area contributed by atoms with Gasteiger partial charge in [0.1, 0.15) is 17.9 Å². The number of aromatic hydroxyl groups is 1. The van der Waals surface area contributed by atoms with E-state index in [1.165, 1.54) is 0 Å². The second-order valence-corrected chi connectivity index (χ2v) is 2.82. The van der Waals surface area contributed by atoms with Crippen LogP contribution in [0.15, 0.2) is 18.2 Å². The van der Waals surface area contributed by atoms with Crippen LogP contribution in [-0.2, 0) is 5.92 Å². The Morgan fingerprint density at radius 2 is 2.07 bits per heavy atom. The van der Waals surface area contributed by atoms with Crippen LogP contribution in [0.5, 0.6) is 5.75 Å². The molecule has 0 aliphatic heterocycles. The topological polar surface area (TPSA) is 83.6 Å². The minimum absolute atomic E-state index is 0.524. The highest BCUT2D eigenvalue weighted by atomic mass is 19.3. The van der Waals surface area contributed by atoms with Crippen molar-refractivity contribution in [3.8, 4) is 5.75 Å². The predicted molar refractivity (Wildman–Crippen MR) is 45.7 cm³/mol. The molecule has 0 aliphatic rings. The molecule has 0 aromatic heterocycles. The lowest BCUT2D eigenvalue weighted by Crippen LogP contribution is -2.20. The summed E-state index contributed by atoms with van der Waals surface area (Å²) < 4.78 is 26.0. The third-order valence-corrected chi connectivity index (χ3v) is 1.77. The molecule has 0 atom stereocenters. The smallest absolute Gasteiger partial charge is 0.302 e. The molecule has 7 heteroatoms. The minimum atomic E-state index is -3.75. The third-order valence-electron chi connectivity index (χ3n) is 1.77. The SMILES string of the molecule is O=[N+]([O-])c1ccc(O)cc1C(F)(F)CO. The highest BCUT2D eigenvalue weighted by molar-refractivity contribution is 5.47. The van der Waals surface area contributed by atoms with E-state index in [0.29, 0.717) is 6.07 Å². The maximum absolute atomic E-state index is 13.0. The van der Waals surface area contributed by atoms with Crippen molar-refractivity contribution < 1.29 is 23.9 Å². The first-order valence-electron chi connectivity index (χ1n) is 3.85. The highest BCUT2D eigenvalue weighted by Crippen LogP contribution is 2.36. The number of alkyl halides is 2. The van der Waals surface area contributed by atoms with Gasteiger partial charge in [0.05, 0.1) is 4.92 Å². The van der Waals surface area contributed by atoms with Crippen molar-refractivity contribution in [1.29, 1.82) is 0 Å². The number of phenols is 1. The van der Waals surface area contributed by atoms with Crippen LogP contribution in [-0.4, -0.2) is 21.7 Å². The van der Waals surface area contributed by atoms with Crippen molar-refractivity contribution in [2.45, 2.75) is 5.92 Å². The Morgan fingerprint density at radius 1 is 1.47 bits per heavy atom. The third kappa shape index (κ3) is 2.18. The number of aliphatic hydroxyl groups is 1. The number of nitrogens with zero attached hydrogens (tertiary/aromatic N) is 1. The quantitative estimate of drug-likeness (QED) is 0.594. The Kier molecular flexibility index (Phi) is 2.85. The Morgan fingerprint density at radius 3 is 2.53 bits per heavy atom. The number of nitro benzene ring substituents is 1. The maximum Gasteiger partial charge on any atom is 0.302 e. The van der Waals surface area contributed by atoms with Crippen LogP contribution in [0.25, 0.3) is 0 Å². The maximum atomic E-state index is 13.0. The van der Waals surface area contributed by atoms with E-state index in [1.54, 1.807) is 0 Å². The molecular formula is C8H7F2NO4. The van der Waals surface area contributed by atoms with Gasteiger partial charge in [-0.2, -0.15) is 8.78 Å². The molecule has 0 radical (unpaired) electrons. The van der Waals surface area contributed by atoms with Gasteiger partial charge in [-0.25, -0.2) is 0 Å². The number of hydrogen-bond donors (Lipinski definition) is 2. The zero-order valence-corrected chi connectivity index (χ0v) is 7.35. The van der Waals surface area contributed by atoms with Crippen LogP contribution in [0.4, 0.5) is 14.5 Å². The number of halogens is 2. The largest absolute Gasteiger partial charge is 0.508 e. The lowest BCUT2D eigenvalue weighted by Gasteiger charge is -2.13. The standard InChI is InChI=1S/C8H7F2NO4/c9-8(10,4-12)6-3-5(13)1-2-7(6)11(14)15/h1-3,12-13H,4H2. The summed E-state index contributed by atoms with van der Waals surface area (Å²) in [5, 5.41) is 27.7. The fourth-order valence-corrected chi connectivity index (χ4v) is 1.06. The van der Waals surface area contributed by atoms with Gasteiger partial charge in [0.15, 0.2) is 0 Å². The molecule has 0 saturated carbocycles. The summed E-state index contributed by atoms with van der Waals surface area (Å²) in [5.41, 5.74) is -1.85. The van der Waals surface area contributed by atoms with Gasteiger partial charge in [-0.15, -0.1) is 0 Å². The molecule has 1 rings (SSSR count). The second-order valence-electron chi connectivity index (χ2n) is 2.82. The molecule has 15 heavy (non-hydrogen) atoms. The lowest BCUT2D eigenvalue weighted by molar-refractivity contribution is -0.387. The van der Waals surface area contributed by atoms with Gasteiger partial charge in [0.25, 0.3) is 5.69 Å². The summed E-state index contributed by atoms with van der Waals surface area (Å²) in [6.45, 7) is -1.56. The number of aliphatic hydroxyl groups excluding tert-OH is 1. The Labute approximate surface area is 82.7 Å². The Balaban J connectivity index is 3.37. The van der Waals surface area contributed by atoms with Gasteiger partial charge in [-0.1, -0.05) is 0 Å². The Bertz CT molecular complexity index is 394. The lowest BCUT2D eigenvalue weighted by atomic mass is 10.1. The van der Waals surface area contributed by atoms with E-state index >= 15 is 0 Å². The van der Waals surface area contributed by atoms with Crippen molar-refractivity contribution in [3.05, 3.63) is 33.9 Å². The zero-order valence-electron chi connectivity index (χ0n) is 7.35. The zero-order chi connectivity index (χ0) is 11.6. The van der Waals surface area contributed by atoms with Crippen LogP contribution in [0.3, 0.4) is 0 Å². The van der Waals surface area contributed by atoms with Gasteiger partial charge in [-0.3, -0.25) is 10.1 Å². The monoisotopic (exact) mass is 219 g/mol. The number of nitro groups is 1. The van der Waals surface area contributed by atoms with Crippen LogP contribution < -0.4 is 0 Å². The molecule has 0 saturated heterocycles. The van der Waals surface area contributed by atoms with Gasteiger partial charge in [-0.05, 0) is 12.1 Å². The molecule has 1 aromatic rings. The van der Waals surface area contributed by atoms with Gasteiger partial charge in [0, 0.05) is 6.07 Å². The molecule has 0 aliphatic carbocycles. The van der Waals surface area contributed by atoms with Gasteiger partial charge < -0.3 is 10.2 Å². The van der Waals surface area contributed by atoms with Gasteiger partial charge in [0.2, 0.25) is 0 Å². The van der Waals surface area contributed by atoms with Crippen LogP contribution in [0, 0.1) is 10.1 Å². The summed E-state index contributed by atoms with van der Waals surface area (Å²) >= 11 is 0. The number of rotatable bonds is 3. The summed E-state index contributed by atoms with van der Waals surface area (Å²) in [4.78, 5) is 9.40. The molecule has 0 fully saturated rings. The van der Waals surface area contributed by atoms with E-state index in [1.807, 2.05) is 0 Å². The van der Waals surface area contributed by atoms with Crippen LogP contribution in [0.1, 0.15) is 5.56 Å². The average Bonchev–Trinajstić information content (AvgIpc) is 2.17. The van der Waals surface area contributed by atoms with Crippen molar-refractivity contribution in [1.82, 2.24) is 0 Å². The number of phenolic OH excluding ortho intramolecular Hbond substituents is 1. The summed E-state index contributed by atoms with van der Waals surface area (Å²) in [6, 6.07) is 2.25. The molecule has 0 unspecified atom stereocenters. The summed E-state index contributed by atoms with van der Waals surface area (Å²) in [6.07, 6.45) is 0. The normalized spacial score (nSPS) is 11.4. The van der Waals surface area contributed by atoms with Crippen molar-refractivity contribution in [3.63, 3.8) is 0 Å². The van der Waals surface area contributed by atoms with Crippen molar-refractivity contribution in [2.24, 2.45) is 0 Å². The molecule has 0 bridgehead atoms. The predicted octanol–water partition coefficient (Wildman–Crippen LogP) is 1.38. The molecule has 82 valence electrons. The second kappa shape index (κ2) is 3.77. The van der Waals surface area contributed by atoms with E-state index in [4.69, 9.17) is 10.2 Å². The molecule has 0 spiro atoms. The molecule has 2 N–H and O–H groups in total. The first kappa shape index (κ1) is 11.3. The van der Waals surface area contributed by atoms with Crippen LogP contribution in [0.2, 0.25) is 0 Å². The molecule has 0 heterocycles. The van der Waals surface area contributed by atoms with E-state index in [-0.39, 0.29) is 0 Å². The molecular weight excluding hydrogens is 212 g/mol. The molecule has 5 nitrogen and oxygen atoms in total. The Hall–Kier alpha value is -1.76. The van der Waals surface area contributed by atoms with E-state index in [2.05, 4.69) is 0 Å². The average molecular weight is 219 g/mol. The fraction of sp³-hybridized carbons (Fsp3) is 0.250. The minimum Gasteiger partial charge on any atom is -0.508 e. The summed E-state index contributed by atoms with van der Waals surface area (Å²) in [7, 11) is 0. The number of benzene rings is 1. The van der Waals surface area contributed by atoms with Crippen molar-refractivity contribution in [2.75, 3.05) is 6.61 Å². The van der Waals surface area contributed by atoms with Gasteiger partial charge >= 0.3 is 5.92 Å². The van der Waals surface area contributed by atoms with E-state index in [9.17, 15) is 18.9 Å².